The normalized spacial score (nSPS) is 12.0. The fourth-order valence-corrected chi connectivity index (χ4v) is 1.54. The van der Waals surface area contributed by atoms with Crippen molar-refractivity contribution in [2.24, 2.45) is 0 Å². The number of ether oxygens (including phenoxy) is 1. The van der Waals surface area contributed by atoms with Crippen LogP contribution in [0.1, 0.15) is 26.7 Å². The number of hydrogen-bond donors (Lipinski definition) is 3. The van der Waals surface area contributed by atoms with Crippen LogP contribution in [-0.2, 0) is 14.3 Å². The van der Waals surface area contributed by atoms with Gasteiger partial charge >= 0.3 is 18.0 Å². The number of carbonyl (C=O) groups is 3. The van der Waals surface area contributed by atoms with Gasteiger partial charge in [0.1, 0.15) is 6.04 Å². The van der Waals surface area contributed by atoms with Crippen LogP contribution in [0.25, 0.3) is 0 Å². The summed E-state index contributed by atoms with van der Waals surface area (Å²) in [6, 6.07) is -1.89. The van der Waals surface area contributed by atoms with E-state index in [-0.39, 0.29) is 18.9 Å². The second kappa shape index (κ2) is 9.13. The van der Waals surface area contributed by atoms with E-state index >= 15 is 0 Å². The third-order valence-corrected chi connectivity index (χ3v) is 2.66. The van der Waals surface area contributed by atoms with Crippen molar-refractivity contribution in [2.75, 3.05) is 20.3 Å². The van der Waals surface area contributed by atoms with Gasteiger partial charge in [-0.1, -0.05) is 0 Å². The fourth-order valence-electron chi connectivity index (χ4n) is 1.54. The Morgan fingerprint density at radius 2 is 1.85 bits per heavy atom. The number of rotatable bonds is 9. The largest absolute Gasteiger partial charge is 0.481 e. The van der Waals surface area contributed by atoms with Gasteiger partial charge in [-0.15, -0.1) is 0 Å². The van der Waals surface area contributed by atoms with Gasteiger partial charge < -0.3 is 25.2 Å². The van der Waals surface area contributed by atoms with Gasteiger partial charge in [0, 0.05) is 26.1 Å². The maximum absolute atomic E-state index is 12.0. The maximum Gasteiger partial charge on any atom is 0.326 e. The summed E-state index contributed by atoms with van der Waals surface area (Å²) < 4.78 is 4.89. The van der Waals surface area contributed by atoms with E-state index in [1.165, 1.54) is 12.0 Å². The molecule has 0 aromatic heterocycles. The third kappa shape index (κ3) is 6.93. The quantitative estimate of drug-likeness (QED) is 0.565. The highest BCUT2D eigenvalue weighted by molar-refractivity contribution is 5.83. The van der Waals surface area contributed by atoms with Crippen LogP contribution >= 0.6 is 0 Å². The van der Waals surface area contributed by atoms with Crippen LogP contribution in [0, 0.1) is 0 Å². The Hall–Kier alpha value is -1.83. The highest BCUT2D eigenvalue weighted by atomic mass is 16.5. The van der Waals surface area contributed by atoms with Crippen molar-refractivity contribution in [2.45, 2.75) is 38.8 Å². The first-order chi connectivity index (χ1) is 9.29. The molecule has 20 heavy (non-hydrogen) atoms. The van der Waals surface area contributed by atoms with Crippen LogP contribution in [0.5, 0.6) is 0 Å². The number of nitrogens with zero attached hydrogens (tertiary/aromatic N) is 1. The Labute approximate surface area is 117 Å². The molecule has 0 fully saturated rings. The van der Waals surface area contributed by atoms with Crippen LogP contribution in [0.15, 0.2) is 0 Å². The van der Waals surface area contributed by atoms with Crippen molar-refractivity contribution in [3.8, 4) is 0 Å². The molecule has 3 N–H and O–H groups in total. The first-order valence-corrected chi connectivity index (χ1v) is 6.30. The molecule has 8 heteroatoms. The Balaban J connectivity index is 4.61. The van der Waals surface area contributed by atoms with Gasteiger partial charge in [-0.25, -0.2) is 9.59 Å². The molecule has 0 bridgehead atoms. The molecule has 0 heterocycles. The Bertz CT molecular complexity index is 345. The maximum atomic E-state index is 12.0. The highest BCUT2D eigenvalue weighted by Crippen LogP contribution is 2.03. The van der Waals surface area contributed by atoms with E-state index in [1.807, 2.05) is 0 Å². The van der Waals surface area contributed by atoms with Crippen molar-refractivity contribution in [3.05, 3.63) is 0 Å². The molecule has 0 aromatic carbocycles. The summed E-state index contributed by atoms with van der Waals surface area (Å²) in [5, 5.41) is 19.9. The predicted molar refractivity (Wildman–Crippen MR) is 70.5 cm³/mol. The van der Waals surface area contributed by atoms with Gasteiger partial charge in [-0.05, 0) is 20.3 Å². The van der Waals surface area contributed by atoms with Crippen LogP contribution in [-0.4, -0.2) is 65.4 Å². The zero-order chi connectivity index (χ0) is 15.7. The lowest BCUT2D eigenvalue weighted by Gasteiger charge is -2.28. The Kier molecular flexibility index (Phi) is 8.30. The molecular weight excluding hydrogens is 268 g/mol. The van der Waals surface area contributed by atoms with Gasteiger partial charge in [0.2, 0.25) is 0 Å². The van der Waals surface area contributed by atoms with Gasteiger partial charge in [-0.3, -0.25) is 4.79 Å². The summed E-state index contributed by atoms with van der Waals surface area (Å²) in [5.41, 5.74) is 0. The fraction of sp³-hybridized carbons (Fsp3) is 0.750. The molecule has 0 aliphatic rings. The highest BCUT2D eigenvalue weighted by Gasteiger charge is 2.24. The number of urea groups is 1. The van der Waals surface area contributed by atoms with Crippen LogP contribution in [0.4, 0.5) is 4.79 Å². The SMILES string of the molecule is COCCN(C(=O)N[C@@H](CCC(=O)O)C(=O)O)C(C)C. The molecule has 2 amide bonds. The zero-order valence-corrected chi connectivity index (χ0v) is 12.0. The molecule has 8 nitrogen and oxygen atoms in total. The van der Waals surface area contributed by atoms with Gasteiger partial charge in [0.15, 0.2) is 0 Å². The Morgan fingerprint density at radius 1 is 1.25 bits per heavy atom. The molecule has 0 aromatic rings. The minimum absolute atomic E-state index is 0.126. The number of carbonyl (C=O) groups excluding carboxylic acids is 1. The van der Waals surface area contributed by atoms with E-state index in [1.54, 1.807) is 13.8 Å². The summed E-state index contributed by atoms with van der Waals surface area (Å²) in [6.45, 7) is 4.24. The summed E-state index contributed by atoms with van der Waals surface area (Å²) in [6.07, 6.45) is -0.483. The van der Waals surface area contributed by atoms with Crippen molar-refractivity contribution in [3.63, 3.8) is 0 Å². The summed E-state index contributed by atoms with van der Waals surface area (Å²) in [5.74, 6) is -2.36. The number of nitrogens with one attached hydrogen (secondary N) is 1. The number of carboxylic acids is 2. The molecule has 0 radical (unpaired) electrons. The molecule has 0 aliphatic heterocycles. The monoisotopic (exact) mass is 290 g/mol. The second-order valence-electron chi connectivity index (χ2n) is 4.55. The number of amides is 2. The molecule has 0 aliphatic carbocycles. The first kappa shape index (κ1) is 18.2. The van der Waals surface area contributed by atoms with E-state index in [0.29, 0.717) is 13.2 Å². The van der Waals surface area contributed by atoms with Crippen molar-refractivity contribution in [1.29, 1.82) is 0 Å². The number of aliphatic carboxylic acids is 2. The third-order valence-electron chi connectivity index (χ3n) is 2.66. The second-order valence-corrected chi connectivity index (χ2v) is 4.55. The van der Waals surface area contributed by atoms with Crippen molar-refractivity contribution in [1.82, 2.24) is 10.2 Å². The van der Waals surface area contributed by atoms with E-state index in [0.717, 1.165) is 0 Å². The smallest absolute Gasteiger partial charge is 0.326 e. The van der Waals surface area contributed by atoms with E-state index < -0.39 is 24.0 Å². The zero-order valence-electron chi connectivity index (χ0n) is 12.0. The summed E-state index contributed by atoms with van der Waals surface area (Å²) in [7, 11) is 1.50. The van der Waals surface area contributed by atoms with E-state index in [9.17, 15) is 14.4 Å². The van der Waals surface area contributed by atoms with Crippen LogP contribution in [0.3, 0.4) is 0 Å². The molecule has 0 saturated carbocycles. The summed E-state index contributed by atoms with van der Waals surface area (Å²) in [4.78, 5) is 34.9. The first-order valence-electron chi connectivity index (χ1n) is 6.30. The lowest BCUT2D eigenvalue weighted by Crippen LogP contribution is -2.51. The number of carboxylic acid groups (broad SMARTS) is 2. The van der Waals surface area contributed by atoms with Gasteiger partial charge in [0.25, 0.3) is 0 Å². The molecule has 0 saturated heterocycles. The molecule has 0 unspecified atom stereocenters. The molecule has 116 valence electrons. The lowest BCUT2D eigenvalue weighted by molar-refractivity contribution is -0.140. The topological polar surface area (TPSA) is 116 Å². The molecule has 1 atom stereocenters. The van der Waals surface area contributed by atoms with Gasteiger partial charge in [0.05, 0.1) is 6.61 Å². The van der Waals surface area contributed by atoms with Crippen molar-refractivity contribution >= 4 is 18.0 Å². The van der Waals surface area contributed by atoms with Crippen LogP contribution in [0.2, 0.25) is 0 Å². The van der Waals surface area contributed by atoms with Gasteiger partial charge in [-0.2, -0.15) is 0 Å². The summed E-state index contributed by atoms with van der Waals surface area (Å²) >= 11 is 0. The average molecular weight is 290 g/mol. The minimum atomic E-state index is -1.25. The lowest BCUT2D eigenvalue weighted by atomic mass is 10.1. The number of methoxy groups -OCH3 is 1. The van der Waals surface area contributed by atoms with Crippen LogP contribution < -0.4 is 5.32 Å². The molecule has 0 spiro atoms. The van der Waals surface area contributed by atoms with E-state index in [4.69, 9.17) is 14.9 Å². The standard InChI is InChI=1S/C12H22N2O6/c1-8(2)14(6-7-20-3)12(19)13-9(11(17)18)4-5-10(15)16/h8-9H,4-7H2,1-3H3,(H,13,19)(H,15,16)(H,17,18)/t9-/m0/s1. The number of hydrogen-bond acceptors (Lipinski definition) is 4. The van der Waals surface area contributed by atoms with E-state index in [2.05, 4.69) is 5.32 Å². The van der Waals surface area contributed by atoms with Crippen molar-refractivity contribution < 1.29 is 29.3 Å². The Morgan fingerprint density at radius 3 is 2.25 bits per heavy atom. The molecular formula is C12H22N2O6. The minimum Gasteiger partial charge on any atom is -0.481 e. The average Bonchev–Trinajstić information content (AvgIpc) is 2.33. The molecule has 0 rings (SSSR count). The predicted octanol–water partition coefficient (Wildman–Crippen LogP) is 0.371.